The van der Waals surface area contributed by atoms with Crippen LogP contribution < -0.4 is 10.1 Å². The number of ether oxygens (including phenoxy) is 1. The van der Waals surface area contributed by atoms with Gasteiger partial charge in [0.15, 0.2) is 0 Å². The summed E-state index contributed by atoms with van der Waals surface area (Å²) >= 11 is 0. The lowest BCUT2D eigenvalue weighted by molar-refractivity contribution is -0.121. The molecule has 0 fully saturated rings. The normalized spacial score (nSPS) is 13.4. The predicted molar refractivity (Wildman–Crippen MR) is 92.1 cm³/mol. The summed E-state index contributed by atoms with van der Waals surface area (Å²) in [5, 5.41) is 13.4. The average Bonchev–Trinajstić information content (AvgIpc) is 2.87. The minimum atomic E-state index is -1.17. The number of amides is 1. The van der Waals surface area contributed by atoms with Crippen LogP contribution >= 0.6 is 0 Å². The van der Waals surface area contributed by atoms with Crippen LogP contribution in [-0.4, -0.2) is 24.2 Å². The number of hydrogen-bond acceptors (Lipinski definition) is 4. The minimum Gasteiger partial charge on any atom is -0.494 e. The highest BCUT2D eigenvalue weighted by Gasteiger charge is 2.28. The molecule has 0 saturated carbocycles. The van der Waals surface area contributed by atoms with Crippen molar-refractivity contribution >= 4 is 5.91 Å². The quantitative estimate of drug-likeness (QED) is 0.818. The molecule has 0 bridgehead atoms. The number of furan rings is 1. The van der Waals surface area contributed by atoms with E-state index in [0.29, 0.717) is 17.9 Å². The number of benzene rings is 1. The minimum absolute atomic E-state index is 0.128. The van der Waals surface area contributed by atoms with Crippen molar-refractivity contribution in [3.8, 4) is 5.75 Å². The van der Waals surface area contributed by atoms with Gasteiger partial charge in [-0.3, -0.25) is 4.79 Å². The molecule has 2 rings (SSSR count). The fraction of sp³-hybridized carbons (Fsp3) is 0.421. The van der Waals surface area contributed by atoms with Crippen LogP contribution in [0.3, 0.4) is 0 Å². The van der Waals surface area contributed by atoms with Crippen LogP contribution in [-0.2, 0) is 16.8 Å². The van der Waals surface area contributed by atoms with Crippen LogP contribution in [0.4, 0.5) is 0 Å². The molecule has 1 amide bonds. The molecule has 0 aliphatic heterocycles. The Morgan fingerprint density at radius 3 is 2.50 bits per heavy atom. The third kappa shape index (κ3) is 4.61. The maximum absolute atomic E-state index is 12.1. The van der Waals surface area contributed by atoms with Crippen LogP contribution in [0.25, 0.3) is 0 Å². The molecule has 0 radical (unpaired) electrons. The van der Waals surface area contributed by atoms with E-state index in [-0.39, 0.29) is 18.9 Å². The van der Waals surface area contributed by atoms with E-state index in [1.54, 1.807) is 19.9 Å². The number of hydrogen-bond donors (Lipinski definition) is 2. The summed E-state index contributed by atoms with van der Waals surface area (Å²) in [6, 6.07) is 9.23. The number of aryl methyl sites for hydroxylation is 2. The van der Waals surface area contributed by atoms with Crippen LogP contribution in [0.1, 0.15) is 36.5 Å². The molecule has 1 unspecified atom stereocenters. The van der Waals surface area contributed by atoms with E-state index in [4.69, 9.17) is 9.15 Å². The Kier molecular flexibility index (Phi) is 5.67. The van der Waals surface area contributed by atoms with Crippen molar-refractivity contribution in [1.82, 2.24) is 5.32 Å². The van der Waals surface area contributed by atoms with Gasteiger partial charge in [0.05, 0.1) is 19.6 Å². The molecular formula is C19H25NO4. The summed E-state index contributed by atoms with van der Waals surface area (Å²) in [6.45, 7) is 7.97. The highest BCUT2D eigenvalue weighted by Crippen LogP contribution is 2.26. The summed E-state index contributed by atoms with van der Waals surface area (Å²) in [5.41, 5.74) is 0.420. The average molecular weight is 331 g/mol. The van der Waals surface area contributed by atoms with Gasteiger partial charge in [-0.25, -0.2) is 0 Å². The molecule has 1 atom stereocenters. The second kappa shape index (κ2) is 7.53. The molecular weight excluding hydrogens is 306 g/mol. The summed E-state index contributed by atoms with van der Waals surface area (Å²) in [6.07, 6.45) is 0.256. The smallest absolute Gasteiger partial charge is 0.224 e. The van der Waals surface area contributed by atoms with E-state index in [0.717, 1.165) is 17.1 Å². The first kappa shape index (κ1) is 18.1. The molecule has 1 aromatic heterocycles. The molecule has 2 N–H and O–H groups in total. The van der Waals surface area contributed by atoms with Gasteiger partial charge in [0, 0.05) is 5.56 Å². The largest absolute Gasteiger partial charge is 0.494 e. The van der Waals surface area contributed by atoms with Crippen molar-refractivity contribution in [3.05, 3.63) is 53.0 Å². The molecule has 5 heteroatoms. The molecule has 5 nitrogen and oxygen atoms in total. The van der Waals surface area contributed by atoms with Crippen molar-refractivity contribution in [2.45, 2.75) is 39.7 Å². The third-order valence-electron chi connectivity index (χ3n) is 3.85. The predicted octanol–water partition coefficient (Wildman–Crippen LogP) is 2.86. The van der Waals surface area contributed by atoms with Crippen molar-refractivity contribution in [3.63, 3.8) is 0 Å². The van der Waals surface area contributed by atoms with Crippen LogP contribution in [0.15, 0.2) is 34.7 Å². The van der Waals surface area contributed by atoms with Crippen LogP contribution in [0.5, 0.6) is 5.75 Å². The Morgan fingerprint density at radius 1 is 1.29 bits per heavy atom. The van der Waals surface area contributed by atoms with Gasteiger partial charge < -0.3 is 19.6 Å². The molecule has 0 saturated heterocycles. The van der Waals surface area contributed by atoms with E-state index in [9.17, 15) is 9.90 Å². The van der Waals surface area contributed by atoms with Gasteiger partial charge in [-0.2, -0.15) is 0 Å². The maximum Gasteiger partial charge on any atom is 0.224 e. The van der Waals surface area contributed by atoms with Crippen molar-refractivity contribution in [1.29, 1.82) is 0 Å². The Hall–Kier alpha value is -2.27. The SMILES string of the molecule is CCOc1ccc(CC(=O)NCC(C)(O)c2cc(C)oc2C)cc1. The first-order valence-corrected chi connectivity index (χ1v) is 8.10. The number of rotatable bonds is 7. The number of aliphatic hydroxyl groups is 1. The zero-order chi connectivity index (χ0) is 17.7. The monoisotopic (exact) mass is 331 g/mol. The van der Waals surface area contributed by atoms with Crippen molar-refractivity contribution < 1.29 is 19.1 Å². The summed E-state index contributed by atoms with van der Waals surface area (Å²) < 4.78 is 10.8. The van der Waals surface area contributed by atoms with Crippen LogP contribution in [0, 0.1) is 13.8 Å². The summed E-state index contributed by atoms with van der Waals surface area (Å²) in [5.74, 6) is 2.05. The first-order chi connectivity index (χ1) is 11.3. The summed E-state index contributed by atoms with van der Waals surface area (Å²) in [7, 11) is 0. The molecule has 0 aliphatic carbocycles. The first-order valence-electron chi connectivity index (χ1n) is 8.10. The van der Waals surface area contributed by atoms with Gasteiger partial charge in [0.2, 0.25) is 5.91 Å². The Balaban J connectivity index is 1.91. The van der Waals surface area contributed by atoms with E-state index in [2.05, 4.69) is 5.32 Å². The van der Waals surface area contributed by atoms with Gasteiger partial charge in [0.25, 0.3) is 0 Å². The lowest BCUT2D eigenvalue weighted by Crippen LogP contribution is -2.39. The fourth-order valence-electron chi connectivity index (χ4n) is 2.65. The third-order valence-corrected chi connectivity index (χ3v) is 3.85. The standard InChI is InChI=1S/C19H25NO4/c1-5-23-16-8-6-15(7-9-16)11-18(21)20-12-19(4,22)17-10-13(2)24-14(17)3/h6-10,22H,5,11-12H2,1-4H3,(H,20,21). The van der Waals surface area contributed by atoms with Crippen molar-refractivity contribution in [2.24, 2.45) is 0 Å². The highest BCUT2D eigenvalue weighted by atomic mass is 16.5. The summed E-state index contributed by atoms with van der Waals surface area (Å²) in [4.78, 5) is 12.1. The van der Waals surface area contributed by atoms with E-state index in [1.165, 1.54) is 0 Å². The second-order valence-electron chi connectivity index (χ2n) is 6.13. The Bertz CT molecular complexity index is 686. The number of carbonyl (C=O) groups is 1. The molecule has 0 spiro atoms. The Morgan fingerprint density at radius 2 is 1.96 bits per heavy atom. The lowest BCUT2D eigenvalue weighted by atomic mass is 9.96. The zero-order valence-electron chi connectivity index (χ0n) is 14.7. The molecule has 1 aromatic carbocycles. The van der Waals surface area contributed by atoms with Gasteiger partial charge >= 0.3 is 0 Å². The van der Waals surface area contributed by atoms with Crippen LogP contribution in [0.2, 0.25) is 0 Å². The van der Waals surface area contributed by atoms with E-state index >= 15 is 0 Å². The van der Waals surface area contributed by atoms with E-state index < -0.39 is 5.60 Å². The molecule has 1 heterocycles. The maximum atomic E-state index is 12.1. The zero-order valence-corrected chi connectivity index (χ0v) is 14.7. The highest BCUT2D eigenvalue weighted by molar-refractivity contribution is 5.78. The van der Waals surface area contributed by atoms with Crippen molar-refractivity contribution in [2.75, 3.05) is 13.2 Å². The van der Waals surface area contributed by atoms with Gasteiger partial charge in [-0.15, -0.1) is 0 Å². The number of carbonyl (C=O) groups excluding carboxylic acids is 1. The Labute approximate surface area is 142 Å². The van der Waals surface area contributed by atoms with Gasteiger partial charge in [0.1, 0.15) is 22.9 Å². The fourth-order valence-corrected chi connectivity index (χ4v) is 2.65. The molecule has 24 heavy (non-hydrogen) atoms. The molecule has 2 aromatic rings. The van der Waals surface area contributed by atoms with Gasteiger partial charge in [-0.05, 0) is 51.5 Å². The number of nitrogens with one attached hydrogen (secondary N) is 1. The topological polar surface area (TPSA) is 71.7 Å². The molecule has 0 aliphatic rings. The second-order valence-corrected chi connectivity index (χ2v) is 6.13. The van der Waals surface area contributed by atoms with Gasteiger partial charge in [-0.1, -0.05) is 12.1 Å². The molecule has 130 valence electrons. The van der Waals surface area contributed by atoms with E-state index in [1.807, 2.05) is 38.1 Å². The lowest BCUT2D eigenvalue weighted by Gasteiger charge is -2.23.